The molecule has 0 radical (unpaired) electrons. The van der Waals surface area contributed by atoms with E-state index >= 15 is 4.39 Å². The minimum Gasteiger partial charge on any atom is -0.435 e. The van der Waals surface area contributed by atoms with Gasteiger partial charge in [0.1, 0.15) is 17.5 Å². The summed E-state index contributed by atoms with van der Waals surface area (Å²) in [6.07, 6.45) is 3.91. The van der Waals surface area contributed by atoms with E-state index in [1.807, 2.05) is 67.1 Å². The van der Waals surface area contributed by atoms with Crippen LogP contribution < -0.4 is 15.5 Å². The van der Waals surface area contributed by atoms with Crippen LogP contribution in [0.1, 0.15) is 28.5 Å². The summed E-state index contributed by atoms with van der Waals surface area (Å²) in [6.45, 7) is 3.72. The van der Waals surface area contributed by atoms with E-state index in [0.717, 1.165) is 34.7 Å². The highest BCUT2D eigenvalue weighted by atomic mass is 19.1. The molecule has 41 heavy (non-hydrogen) atoms. The summed E-state index contributed by atoms with van der Waals surface area (Å²) in [5.74, 6) is -1.21. The van der Waals surface area contributed by atoms with E-state index in [1.165, 1.54) is 18.5 Å². The molecule has 0 saturated heterocycles. The first-order valence-corrected chi connectivity index (χ1v) is 13.1. The van der Waals surface area contributed by atoms with E-state index in [9.17, 15) is 9.59 Å². The molecule has 8 nitrogen and oxygen atoms in total. The van der Waals surface area contributed by atoms with Gasteiger partial charge in [-0.25, -0.2) is 14.4 Å². The molecule has 204 valence electrons. The second kappa shape index (κ2) is 10.3. The number of halogens is 1. The third-order valence-corrected chi connectivity index (χ3v) is 7.31. The Morgan fingerprint density at radius 1 is 1.07 bits per heavy atom. The molecule has 0 aliphatic heterocycles. The van der Waals surface area contributed by atoms with E-state index in [2.05, 4.69) is 20.3 Å². The first kappa shape index (κ1) is 25.9. The van der Waals surface area contributed by atoms with Gasteiger partial charge in [-0.05, 0) is 48.7 Å². The highest BCUT2D eigenvalue weighted by molar-refractivity contribution is 6.07. The number of fused-ring (bicyclic) bond motifs is 2. The maximum atomic E-state index is 15.3. The number of H-pyrrole nitrogens is 1. The van der Waals surface area contributed by atoms with Crippen LogP contribution in [-0.4, -0.2) is 25.4 Å². The van der Waals surface area contributed by atoms with Crippen molar-refractivity contribution in [2.24, 2.45) is 7.05 Å². The zero-order valence-corrected chi connectivity index (χ0v) is 22.7. The van der Waals surface area contributed by atoms with Gasteiger partial charge in [-0.15, -0.1) is 0 Å². The number of ether oxygens (including phenoxy) is 1. The monoisotopic (exact) mass is 547 g/mol. The fourth-order valence-electron chi connectivity index (χ4n) is 5.01. The van der Waals surface area contributed by atoms with Crippen molar-refractivity contribution < 1.29 is 13.9 Å². The summed E-state index contributed by atoms with van der Waals surface area (Å²) in [4.78, 5) is 38.3. The number of carbonyl (C=O) groups is 1. The molecule has 0 atom stereocenters. The lowest BCUT2D eigenvalue weighted by atomic mass is 10.0. The van der Waals surface area contributed by atoms with Crippen LogP contribution in [0.4, 0.5) is 10.1 Å². The molecule has 0 spiro atoms. The smallest absolute Gasteiger partial charge is 0.261 e. The number of anilines is 1. The molecular weight excluding hydrogens is 521 g/mol. The van der Waals surface area contributed by atoms with Crippen molar-refractivity contribution in [2.75, 3.05) is 5.32 Å². The minimum atomic E-state index is -0.706. The third-order valence-electron chi connectivity index (χ3n) is 7.31. The zero-order chi connectivity index (χ0) is 28.7. The number of rotatable bonds is 6. The Kier molecular flexibility index (Phi) is 6.55. The summed E-state index contributed by atoms with van der Waals surface area (Å²) in [7, 11) is 1.81. The lowest BCUT2D eigenvalue weighted by Crippen LogP contribution is -2.26. The van der Waals surface area contributed by atoms with Gasteiger partial charge in [-0.2, -0.15) is 0 Å². The molecule has 9 heteroatoms. The van der Waals surface area contributed by atoms with E-state index in [0.29, 0.717) is 22.1 Å². The lowest BCUT2D eigenvalue weighted by Gasteiger charge is -2.15. The molecule has 6 aromatic rings. The summed E-state index contributed by atoms with van der Waals surface area (Å²) < 4.78 is 23.0. The molecule has 0 unspecified atom stereocenters. The Balaban J connectivity index is 1.30. The van der Waals surface area contributed by atoms with Crippen molar-refractivity contribution in [2.45, 2.75) is 20.3 Å². The largest absolute Gasteiger partial charge is 0.435 e. The average Bonchev–Trinajstić information content (AvgIpc) is 3.43. The SMILES string of the molecule is CCc1ccc2c(c1)c(=O)c(C(=O)Nc1ccc(Oc3ncnc4[nH]cc(-c5ccccc5)c34)c(F)c1)c(C)n2C. The van der Waals surface area contributed by atoms with Crippen molar-refractivity contribution in [3.63, 3.8) is 0 Å². The molecule has 0 saturated carbocycles. The standard InChI is InChI=1S/C32H26FN5O3/c1-4-19-10-12-25-22(14-19)29(39)27(18(2)38(25)3)31(40)37-21-11-13-26(24(33)15-21)41-32-28-23(20-8-6-5-7-9-20)16-34-30(28)35-17-36-32/h5-17H,4H2,1-3H3,(H,37,40)(H,34,35,36). The van der Waals surface area contributed by atoms with E-state index in [-0.39, 0.29) is 28.3 Å². The van der Waals surface area contributed by atoms with Gasteiger partial charge in [0.15, 0.2) is 11.6 Å². The Bertz CT molecular complexity index is 2010. The molecule has 3 aromatic heterocycles. The molecule has 0 bridgehead atoms. The normalized spacial score (nSPS) is 11.2. The Morgan fingerprint density at radius 2 is 1.88 bits per heavy atom. The maximum absolute atomic E-state index is 15.3. The van der Waals surface area contributed by atoms with Crippen LogP contribution in [0.2, 0.25) is 0 Å². The highest BCUT2D eigenvalue weighted by Gasteiger charge is 2.21. The molecule has 1 amide bonds. The van der Waals surface area contributed by atoms with Gasteiger partial charge in [0, 0.05) is 41.6 Å². The second-order valence-corrected chi connectivity index (χ2v) is 9.73. The topological polar surface area (TPSA) is 102 Å². The first-order chi connectivity index (χ1) is 19.9. The predicted molar refractivity (Wildman–Crippen MR) is 157 cm³/mol. The van der Waals surface area contributed by atoms with Crippen LogP contribution in [0.15, 0.2) is 84.0 Å². The number of hydrogen-bond donors (Lipinski definition) is 2. The van der Waals surface area contributed by atoms with E-state index in [1.54, 1.807) is 13.1 Å². The Morgan fingerprint density at radius 3 is 2.63 bits per heavy atom. The number of benzene rings is 3. The molecular formula is C32H26FN5O3. The number of aromatic nitrogens is 4. The summed E-state index contributed by atoms with van der Waals surface area (Å²) in [5, 5.41) is 3.75. The number of hydrogen-bond acceptors (Lipinski definition) is 5. The van der Waals surface area contributed by atoms with Crippen LogP contribution in [0, 0.1) is 12.7 Å². The molecule has 0 aliphatic rings. The number of aryl methyl sites for hydroxylation is 2. The van der Waals surface area contributed by atoms with Crippen molar-refractivity contribution in [1.82, 2.24) is 19.5 Å². The average molecular weight is 548 g/mol. The van der Waals surface area contributed by atoms with Gasteiger partial charge < -0.3 is 19.6 Å². The molecule has 6 rings (SSSR count). The van der Waals surface area contributed by atoms with Crippen LogP contribution in [0.25, 0.3) is 33.1 Å². The summed E-state index contributed by atoms with van der Waals surface area (Å²) in [6, 6.07) is 19.4. The van der Waals surface area contributed by atoms with E-state index in [4.69, 9.17) is 4.74 Å². The first-order valence-electron chi connectivity index (χ1n) is 13.1. The van der Waals surface area contributed by atoms with Gasteiger partial charge in [-0.3, -0.25) is 9.59 Å². The second-order valence-electron chi connectivity index (χ2n) is 9.73. The number of pyridine rings is 1. The lowest BCUT2D eigenvalue weighted by molar-refractivity contribution is 0.102. The molecule has 3 heterocycles. The highest BCUT2D eigenvalue weighted by Crippen LogP contribution is 2.36. The fourth-order valence-corrected chi connectivity index (χ4v) is 5.01. The Labute approximate surface area is 234 Å². The minimum absolute atomic E-state index is 0.0123. The van der Waals surface area contributed by atoms with Crippen LogP contribution in [0.3, 0.4) is 0 Å². The van der Waals surface area contributed by atoms with Gasteiger partial charge in [0.25, 0.3) is 5.91 Å². The quantitative estimate of drug-likeness (QED) is 0.247. The zero-order valence-electron chi connectivity index (χ0n) is 22.7. The molecule has 0 fully saturated rings. The van der Waals surface area contributed by atoms with Crippen molar-refractivity contribution in [3.05, 3.63) is 112 Å². The van der Waals surface area contributed by atoms with E-state index < -0.39 is 11.7 Å². The fraction of sp³-hybridized carbons (Fsp3) is 0.125. The van der Waals surface area contributed by atoms with Crippen LogP contribution in [-0.2, 0) is 13.5 Å². The Hall–Kier alpha value is -5.31. The van der Waals surface area contributed by atoms with Crippen molar-refractivity contribution in [3.8, 4) is 22.8 Å². The number of carbonyl (C=O) groups excluding carboxylic acids is 1. The molecule has 3 aromatic carbocycles. The number of aromatic amines is 1. The van der Waals surface area contributed by atoms with Crippen molar-refractivity contribution >= 4 is 33.5 Å². The maximum Gasteiger partial charge on any atom is 0.261 e. The molecule has 0 aliphatic carbocycles. The van der Waals surface area contributed by atoms with Crippen LogP contribution in [0.5, 0.6) is 11.6 Å². The predicted octanol–water partition coefficient (Wildman–Crippen LogP) is 6.53. The van der Waals surface area contributed by atoms with Crippen molar-refractivity contribution in [1.29, 1.82) is 0 Å². The number of amides is 1. The summed E-state index contributed by atoms with van der Waals surface area (Å²) >= 11 is 0. The van der Waals surface area contributed by atoms with Gasteiger partial charge in [0.05, 0.1) is 10.9 Å². The van der Waals surface area contributed by atoms with Crippen LogP contribution >= 0.6 is 0 Å². The number of nitrogens with one attached hydrogen (secondary N) is 2. The van der Waals surface area contributed by atoms with Gasteiger partial charge in [-0.1, -0.05) is 43.3 Å². The molecule has 2 N–H and O–H groups in total. The van der Waals surface area contributed by atoms with Gasteiger partial charge >= 0.3 is 0 Å². The van der Waals surface area contributed by atoms with Gasteiger partial charge in [0.2, 0.25) is 11.3 Å². The third kappa shape index (κ3) is 4.61. The number of nitrogens with zero attached hydrogens (tertiary/aromatic N) is 3. The summed E-state index contributed by atoms with van der Waals surface area (Å²) in [5.41, 5.74) is 4.38.